The first-order chi connectivity index (χ1) is 18.2. The molecule has 0 aliphatic carbocycles. The number of ether oxygens (including phenoxy) is 2. The first-order valence-corrected chi connectivity index (χ1v) is 14.3. The summed E-state index contributed by atoms with van der Waals surface area (Å²) in [6, 6.07) is 10.6. The molecule has 0 aromatic heterocycles. The van der Waals surface area contributed by atoms with E-state index in [0.717, 1.165) is 12.7 Å². The highest BCUT2D eigenvalue weighted by molar-refractivity contribution is 7.94. The molecule has 0 unspecified atom stereocenters. The van der Waals surface area contributed by atoms with Crippen molar-refractivity contribution in [1.29, 1.82) is 0 Å². The Kier molecular flexibility index (Phi) is 10.8. The van der Waals surface area contributed by atoms with Crippen molar-refractivity contribution in [3.8, 4) is 23.3 Å². The highest BCUT2D eigenvalue weighted by Gasteiger charge is 2.23. The molecule has 0 spiro atoms. The van der Waals surface area contributed by atoms with Crippen LogP contribution in [0, 0.1) is 11.8 Å². The van der Waals surface area contributed by atoms with Gasteiger partial charge in [0.25, 0.3) is 10.1 Å². The quantitative estimate of drug-likeness (QED) is 0.160. The van der Waals surface area contributed by atoms with E-state index in [9.17, 15) is 18.0 Å². The van der Waals surface area contributed by atoms with E-state index in [1.54, 1.807) is 42.3 Å². The maximum atomic E-state index is 13.4. The smallest absolute Gasteiger partial charge is 0.270 e. The molecule has 38 heavy (non-hydrogen) atoms. The molecule has 0 saturated heterocycles. The van der Waals surface area contributed by atoms with Crippen molar-refractivity contribution in [2.45, 2.75) is 25.8 Å². The highest BCUT2D eigenvalue weighted by Crippen LogP contribution is 2.31. The van der Waals surface area contributed by atoms with Gasteiger partial charge in [-0.05, 0) is 54.4 Å². The molecule has 0 bridgehead atoms. The van der Waals surface area contributed by atoms with Crippen molar-refractivity contribution in [3.05, 3.63) is 53.1 Å². The van der Waals surface area contributed by atoms with Crippen LogP contribution in [0.3, 0.4) is 0 Å². The zero-order valence-electron chi connectivity index (χ0n) is 21.2. The fourth-order valence-corrected chi connectivity index (χ4v) is 4.40. The Balaban J connectivity index is 1.90. The Morgan fingerprint density at radius 1 is 1.00 bits per heavy atom. The van der Waals surface area contributed by atoms with Gasteiger partial charge in [0.1, 0.15) is 23.9 Å². The first kappa shape index (κ1) is 29.3. The molecular weight excluding hydrogens is 532 g/mol. The van der Waals surface area contributed by atoms with Gasteiger partial charge in [0.2, 0.25) is 11.8 Å². The summed E-state index contributed by atoms with van der Waals surface area (Å²) in [6.07, 6.45) is 0.539. The number of amides is 2. The molecule has 2 N–H and O–H groups in total. The van der Waals surface area contributed by atoms with Gasteiger partial charge in [0.05, 0.1) is 38.8 Å². The van der Waals surface area contributed by atoms with Crippen LogP contribution < -0.4 is 20.1 Å². The van der Waals surface area contributed by atoms with Crippen LogP contribution in [0.2, 0.25) is 0 Å². The van der Waals surface area contributed by atoms with Crippen molar-refractivity contribution >= 4 is 39.7 Å². The Bertz CT molecular complexity index is 1320. The van der Waals surface area contributed by atoms with E-state index in [1.165, 1.54) is 12.0 Å². The molecule has 2 aromatic rings. The van der Waals surface area contributed by atoms with Gasteiger partial charge in [-0.1, -0.05) is 11.8 Å². The van der Waals surface area contributed by atoms with E-state index in [4.69, 9.17) is 19.4 Å². The van der Waals surface area contributed by atoms with Crippen LogP contribution in [0.25, 0.3) is 0 Å². The predicted molar refractivity (Wildman–Crippen MR) is 144 cm³/mol. The van der Waals surface area contributed by atoms with Crippen molar-refractivity contribution in [3.63, 3.8) is 0 Å². The van der Waals surface area contributed by atoms with Gasteiger partial charge in [0.15, 0.2) is 0 Å². The molecule has 3 rings (SSSR count). The SMILES string of the molecule is COSCCOc1ccc2c(c1)N(C(=O)CCCC(N)=O)Cc1cc(OCCS(=O)(=O)OC)ccc1C#C2. The summed E-state index contributed by atoms with van der Waals surface area (Å²) in [4.78, 5) is 26.2. The Labute approximate surface area is 227 Å². The van der Waals surface area contributed by atoms with Crippen LogP contribution in [0.4, 0.5) is 5.69 Å². The lowest BCUT2D eigenvalue weighted by Crippen LogP contribution is -2.32. The molecule has 0 atom stereocenters. The molecule has 12 heteroatoms. The van der Waals surface area contributed by atoms with Gasteiger partial charge in [-0.2, -0.15) is 8.42 Å². The average molecular weight is 563 g/mol. The molecule has 1 aliphatic heterocycles. The number of carbonyl (C=O) groups excluding carboxylic acids is 2. The minimum Gasteiger partial charge on any atom is -0.493 e. The molecular formula is C26H30N2O8S2. The molecule has 0 saturated carbocycles. The third-order valence-corrected chi connectivity index (χ3v) is 7.26. The minimum absolute atomic E-state index is 0.0959. The molecule has 1 aliphatic rings. The minimum atomic E-state index is -3.65. The Hall–Kier alpha value is -3.24. The van der Waals surface area contributed by atoms with Gasteiger partial charge < -0.3 is 24.3 Å². The maximum Gasteiger partial charge on any atom is 0.270 e. The lowest BCUT2D eigenvalue weighted by molar-refractivity contribution is -0.119. The average Bonchev–Trinajstić information content (AvgIpc) is 2.88. The van der Waals surface area contributed by atoms with Crippen LogP contribution in [0.1, 0.15) is 36.0 Å². The van der Waals surface area contributed by atoms with Crippen molar-refractivity contribution < 1.29 is 35.8 Å². The largest absolute Gasteiger partial charge is 0.493 e. The van der Waals surface area contributed by atoms with Crippen LogP contribution in [0.15, 0.2) is 36.4 Å². The third kappa shape index (κ3) is 8.66. The standard InChI is InChI=1S/C26H30N2O8S2/c1-33-37-14-12-35-23-11-9-20-7-6-19-8-10-22(36-13-15-38(31,32)34-2)16-21(19)18-28(24(20)17-23)26(30)5-3-4-25(27)29/h8-11,16-17H,3-5,12-15,18H2,1-2H3,(H2,27,29). The maximum absolute atomic E-state index is 13.4. The number of hydrogen-bond acceptors (Lipinski definition) is 9. The second kappa shape index (κ2) is 14.1. The second-order valence-corrected chi connectivity index (χ2v) is 11.0. The zero-order chi connectivity index (χ0) is 27.5. The highest BCUT2D eigenvalue weighted by atomic mass is 32.2. The van der Waals surface area contributed by atoms with Crippen molar-refractivity contribution in [2.24, 2.45) is 5.73 Å². The molecule has 204 valence electrons. The molecule has 2 aromatic carbocycles. The normalized spacial score (nSPS) is 12.3. The number of benzene rings is 2. The number of anilines is 1. The van der Waals surface area contributed by atoms with E-state index >= 15 is 0 Å². The summed E-state index contributed by atoms with van der Waals surface area (Å²) in [5, 5.41) is 0. The first-order valence-electron chi connectivity index (χ1n) is 11.8. The van der Waals surface area contributed by atoms with E-state index in [-0.39, 0.29) is 37.7 Å². The van der Waals surface area contributed by atoms with Gasteiger partial charge in [-0.3, -0.25) is 13.8 Å². The number of nitrogens with zero attached hydrogens (tertiary/aromatic N) is 1. The lowest BCUT2D eigenvalue weighted by Gasteiger charge is -2.27. The molecule has 1 heterocycles. The van der Waals surface area contributed by atoms with E-state index in [1.807, 2.05) is 6.07 Å². The summed E-state index contributed by atoms with van der Waals surface area (Å²) < 4.78 is 44.1. The molecule has 10 nitrogen and oxygen atoms in total. The summed E-state index contributed by atoms with van der Waals surface area (Å²) in [5.41, 5.74) is 7.93. The van der Waals surface area contributed by atoms with Crippen LogP contribution in [-0.4, -0.2) is 59.2 Å². The lowest BCUT2D eigenvalue weighted by atomic mass is 10.0. The number of nitrogens with two attached hydrogens (primary N) is 1. The van der Waals surface area contributed by atoms with Crippen LogP contribution in [0.5, 0.6) is 11.5 Å². The van der Waals surface area contributed by atoms with Gasteiger partial charge in [-0.15, -0.1) is 0 Å². The Morgan fingerprint density at radius 3 is 2.39 bits per heavy atom. The van der Waals surface area contributed by atoms with E-state index < -0.39 is 16.0 Å². The molecule has 2 amide bonds. The fourth-order valence-electron chi connectivity index (χ4n) is 3.63. The van der Waals surface area contributed by atoms with E-state index in [0.29, 0.717) is 47.1 Å². The summed E-state index contributed by atoms with van der Waals surface area (Å²) >= 11 is 1.28. The monoisotopic (exact) mass is 562 g/mol. The second-order valence-electron chi connectivity index (χ2n) is 8.16. The Morgan fingerprint density at radius 2 is 1.68 bits per heavy atom. The van der Waals surface area contributed by atoms with Gasteiger partial charge in [0, 0.05) is 30.0 Å². The summed E-state index contributed by atoms with van der Waals surface area (Å²) in [6.45, 7) is 0.502. The topological polar surface area (TPSA) is 134 Å². The zero-order valence-corrected chi connectivity index (χ0v) is 22.9. The van der Waals surface area contributed by atoms with Gasteiger partial charge >= 0.3 is 0 Å². The van der Waals surface area contributed by atoms with Crippen LogP contribution >= 0.6 is 12.0 Å². The fraction of sp³-hybridized carbons (Fsp3) is 0.385. The number of primary amides is 1. The molecule has 0 radical (unpaired) electrons. The predicted octanol–water partition coefficient (Wildman–Crippen LogP) is 2.62. The summed E-state index contributed by atoms with van der Waals surface area (Å²) in [5.74, 6) is 6.97. The van der Waals surface area contributed by atoms with Crippen LogP contribution in [-0.2, 0) is 34.6 Å². The van der Waals surface area contributed by atoms with Crippen molar-refractivity contribution in [2.75, 3.05) is 43.8 Å². The number of hydrogen-bond donors (Lipinski definition) is 1. The number of fused-ring (bicyclic) bond motifs is 2. The van der Waals surface area contributed by atoms with Crippen molar-refractivity contribution in [1.82, 2.24) is 0 Å². The number of rotatable bonds is 14. The molecule has 0 fully saturated rings. The summed E-state index contributed by atoms with van der Waals surface area (Å²) in [7, 11) is -0.966. The van der Waals surface area contributed by atoms with E-state index in [2.05, 4.69) is 16.0 Å². The van der Waals surface area contributed by atoms with Gasteiger partial charge in [-0.25, -0.2) is 0 Å². The number of carbonyl (C=O) groups is 2. The third-order valence-electron chi connectivity index (χ3n) is 5.52.